The number of amides is 1. The van der Waals surface area contributed by atoms with Crippen molar-refractivity contribution >= 4 is 5.91 Å². The van der Waals surface area contributed by atoms with Gasteiger partial charge in [-0.3, -0.25) is 4.79 Å². The van der Waals surface area contributed by atoms with Crippen LogP contribution < -0.4 is 11.1 Å². The highest BCUT2D eigenvalue weighted by Crippen LogP contribution is 2.34. The first-order valence-electron chi connectivity index (χ1n) is 8.02. The van der Waals surface area contributed by atoms with Gasteiger partial charge in [0.05, 0.1) is 6.04 Å². The maximum Gasteiger partial charge on any atom is 0.237 e. The van der Waals surface area contributed by atoms with Crippen molar-refractivity contribution in [2.45, 2.75) is 45.1 Å². The Bertz CT molecular complexity index is 488. The summed E-state index contributed by atoms with van der Waals surface area (Å²) < 4.78 is 5.52. The van der Waals surface area contributed by atoms with Gasteiger partial charge >= 0.3 is 0 Å². The molecule has 0 bridgehead atoms. The highest BCUT2D eigenvalue weighted by Gasteiger charge is 2.36. The highest BCUT2D eigenvalue weighted by atomic mass is 16.5. The zero-order chi connectivity index (χ0) is 16.2. The number of hydrogen-bond acceptors (Lipinski definition) is 3. The summed E-state index contributed by atoms with van der Waals surface area (Å²) in [6, 6.07) is 9.90. The Kier molecular flexibility index (Phi) is 5.24. The van der Waals surface area contributed by atoms with Gasteiger partial charge in [-0.1, -0.05) is 51.1 Å². The van der Waals surface area contributed by atoms with E-state index in [9.17, 15) is 4.79 Å². The van der Waals surface area contributed by atoms with Crippen LogP contribution in [0.5, 0.6) is 0 Å². The normalized spacial score (nSPS) is 19.5. The predicted molar refractivity (Wildman–Crippen MR) is 88.6 cm³/mol. The van der Waals surface area contributed by atoms with Crippen LogP contribution in [0.2, 0.25) is 0 Å². The number of carbonyl (C=O) groups is 1. The first-order valence-corrected chi connectivity index (χ1v) is 8.02. The van der Waals surface area contributed by atoms with Crippen molar-refractivity contribution < 1.29 is 9.53 Å². The molecular formula is C18H28N2O2. The summed E-state index contributed by atoms with van der Waals surface area (Å²) in [5.41, 5.74) is 7.04. The van der Waals surface area contributed by atoms with Gasteiger partial charge in [0.2, 0.25) is 5.91 Å². The molecule has 3 N–H and O–H groups in total. The van der Waals surface area contributed by atoms with E-state index in [0.29, 0.717) is 6.54 Å². The maximum atomic E-state index is 12.3. The van der Waals surface area contributed by atoms with Crippen LogP contribution in [0.3, 0.4) is 0 Å². The monoisotopic (exact) mass is 304 g/mol. The minimum Gasteiger partial charge on any atom is -0.381 e. The van der Waals surface area contributed by atoms with Crippen molar-refractivity contribution in [2.24, 2.45) is 11.1 Å². The molecule has 1 aromatic rings. The molecule has 1 heterocycles. The number of nitrogens with one attached hydrogen (secondary N) is 1. The van der Waals surface area contributed by atoms with Gasteiger partial charge in [-0.15, -0.1) is 0 Å². The third kappa shape index (κ3) is 3.87. The van der Waals surface area contributed by atoms with Crippen LogP contribution in [-0.2, 0) is 14.9 Å². The Labute approximate surface area is 133 Å². The minimum absolute atomic E-state index is 0.0488. The predicted octanol–water partition coefficient (Wildman–Crippen LogP) is 2.22. The molecule has 4 nitrogen and oxygen atoms in total. The second-order valence-electron chi connectivity index (χ2n) is 7.32. The number of benzene rings is 1. The van der Waals surface area contributed by atoms with Gasteiger partial charge in [0.15, 0.2) is 0 Å². The molecule has 1 aliphatic rings. The number of ether oxygens (including phenoxy) is 1. The molecule has 4 heteroatoms. The second-order valence-corrected chi connectivity index (χ2v) is 7.32. The summed E-state index contributed by atoms with van der Waals surface area (Å²) in [4.78, 5) is 12.3. The van der Waals surface area contributed by atoms with Gasteiger partial charge < -0.3 is 15.8 Å². The van der Waals surface area contributed by atoms with Crippen LogP contribution >= 0.6 is 0 Å². The number of hydrogen-bond donors (Lipinski definition) is 2. The lowest BCUT2D eigenvalue weighted by Crippen LogP contribution is -2.52. The van der Waals surface area contributed by atoms with Gasteiger partial charge in [0, 0.05) is 25.2 Å². The summed E-state index contributed by atoms with van der Waals surface area (Å²) in [6.07, 6.45) is 1.84. The van der Waals surface area contributed by atoms with Gasteiger partial charge in [0.1, 0.15) is 0 Å². The molecule has 0 spiro atoms. The molecular weight excluding hydrogens is 276 g/mol. The zero-order valence-corrected chi connectivity index (χ0v) is 13.9. The van der Waals surface area contributed by atoms with E-state index < -0.39 is 6.04 Å². The third-order valence-corrected chi connectivity index (χ3v) is 4.65. The Morgan fingerprint density at radius 2 is 1.86 bits per heavy atom. The van der Waals surface area contributed by atoms with Crippen LogP contribution in [-0.4, -0.2) is 31.7 Å². The summed E-state index contributed by atoms with van der Waals surface area (Å²) in [5, 5.41) is 3.08. The summed E-state index contributed by atoms with van der Waals surface area (Å²) >= 11 is 0. The van der Waals surface area contributed by atoms with E-state index in [-0.39, 0.29) is 16.7 Å². The summed E-state index contributed by atoms with van der Waals surface area (Å²) in [6.45, 7) is 8.03. The summed E-state index contributed by atoms with van der Waals surface area (Å²) in [5.74, 6) is -0.0747. The fraction of sp³-hybridized carbons (Fsp3) is 0.611. The Morgan fingerprint density at radius 3 is 2.41 bits per heavy atom. The third-order valence-electron chi connectivity index (χ3n) is 4.65. The van der Waals surface area contributed by atoms with E-state index in [4.69, 9.17) is 10.5 Å². The van der Waals surface area contributed by atoms with E-state index in [1.165, 1.54) is 5.56 Å². The van der Waals surface area contributed by atoms with E-state index >= 15 is 0 Å². The van der Waals surface area contributed by atoms with Crippen LogP contribution in [0.4, 0.5) is 0 Å². The molecule has 0 aliphatic carbocycles. The molecule has 1 aromatic carbocycles. The molecule has 0 unspecified atom stereocenters. The molecule has 1 saturated heterocycles. The van der Waals surface area contributed by atoms with E-state index in [0.717, 1.165) is 26.1 Å². The van der Waals surface area contributed by atoms with Crippen molar-refractivity contribution in [2.75, 3.05) is 19.8 Å². The van der Waals surface area contributed by atoms with E-state index in [1.807, 2.05) is 26.8 Å². The number of nitrogens with two attached hydrogens (primary N) is 1. The smallest absolute Gasteiger partial charge is 0.237 e. The van der Waals surface area contributed by atoms with Gasteiger partial charge in [-0.2, -0.15) is 0 Å². The Balaban J connectivity index is 2.10. The van der Waals surface area contributed by atoms with Crippen molar-refractivity contribution in [3.8, 4) is 0 Å². The molecule has 0 saturated carbocycles. The average molecular weight is 304 g/mol. The largest absolute Gasteiger partial charge is 0.381 e. The molecule has 122 valence electrons. The fourth-order valence-electron chi connectivity index (χ4n) is 2.88. The first kappa shape index (κ1) is 17.0. The van der Waals surface area contributed by atoms with Crippen molar-refractivity contribution in [1.29, 1.82) is 0 Å². The molecule has 0 aromatic heterocycles. The van der Waals surface area contributed by atoms with Crippen LogP contribution in [0, 0.1) is 5.41 Å². The lowest BCUT2D eigenvalue weighted by Gasteiger charge is -2.38. The quantitative estimate of drug-likeness (QED) is 0.896. The van der Waals surface area contributed by atoms with Crippen molar-refractivity contribution in [1.82, 2.24) is 5.32 Å². The van der Waals surface area contributed by atoms with E-state index in [2.05, 4.69) is 29.6 Å². The molecule has 2 rings (SSSR count). The van der Waals surface area contributed by atoms with E-state index in [1.54, 1.807) is 0 Å². The lowest BCUT2D eigenvalue weighted by atomic mass is 9.74. The lowest BCUT2D eigenvalue weighted by molar-refractivity contribution is -0.125. The van der Waals surface area contributed by atoms with Gasteiger partial charge in [-0.05, 0) is 23.8 Å². The first-order chi connectivity index (χ1) is 10.4. The van der Waals surface area contributed by atoms with Crippen LogP contribution in [0.25, 0.3) is 0 Å². The zero-order valence-electron chi connectivity index (χ0n) is 13.9. The molecule has 1 amide bonds. The SMILES string of the molecule is CC(C)(C)[C@H](N)C(=O)NCC1(c2ccccc2)CCOCC1. The van der Waals surface area contributed by atoms with Gasteiger partial charge in [0.25, 0.3) is 0 Å². The Hall–Kier alpha value is -1.39. The van der Waals surface area contributed by atoms with Crippen LogP contribution in [0.15, 0.2) is 30.3 Å². The maximum absolute atomic E-state index is 12.3. The summed E-state index contributed by atoms with van der Waals surface area (Å²) in [7, 11) is 0. The van der Waals surface area contributed by atoms with Crippen LogP contribution in [0.1, 0.15) is 39.2 Å². The van der Waals surface area contributed by atoms with Crippen molar-refractivity contribution in [3.63, 3.8) is 0 Å². The molecule has 22 heavy (non-hydrogen) atoms. The number of carbonyl (C=O) groups excluding carboxylic acids is 1. The number of rotatable bonds is 4. The van der Waals surface area contributed by atoms with Gasteiger partial charge in [-0.25, -0.2) is 0 Å². The second kappa shape index (κ2) is 6.80. The molecule has 1 aliphatic heterocycles. The standard InChI is InChI=1S/C18H28N2O2/c1-17(2,3)15(19)16(21)20-13-18(9-11-22-12-10-18)14-7-5-4-6-8-14/h4-8,15H,9-13,19H2,1-3H3,(H,20,21)/t15-/m1/s1. The van der Waals surface area contributed by atoms with Crippen molar-refractivity contribution in [3.05, 3.63) is 35.9 Å². The molecule has 1 fully saturated rings. The average Bonchev–Trinajstić information content (AvgIpc) is 2.53. The Morgan fingerprint density at radius 1 is 1.27 bits per heavy atom. The highest BCUT2D eigenvalue weighted by molar-refractivity contribution is 5.82. The topological polar surface area (TPSA) is 64.4 Å². The minimum atomic E-state index is -0.500. The molecule has 1 atom stereocenters. The molecule has 0 radical (unpaired) electrons. The fourth-order valence-corrected chi connectivity index (χ4v) is 2.88.